The molecular weight excluding hydrogens is 356 g/mol. The fourth-order valence-corrected chi connectivity index (χ4v) is 3.57. The molecule has 2 N–H and O–H groups in total. The van der Waals surface area contributed by atoms with E-state index in [1.807, 2.05) is 0 Å². The van der Waals surface area contributed by atoms with Crippen LogP contribution in [0.1, 0.15) is 19.8 Å². The van der Waals surface area contributed by atoms with Gasteiger partial charge in [-0.15, -0.1) is 0 Å². The molecule has 0 spiro atoms. The summed E-state index contributed by atoms with van der Waals surface area (Å²) in [5.41, 5.74) is 1.39. The lowest BCUT2D eigenvalue weighted by molar-refractivity contribution is -0.136. The minimum atomic E-state index is -0.211. The number of thiazole rings is 1. The van der Waals surface area contributed by atoms with Gasteiger partial charge < -0.3 is 20.3 Å². The Bertz CT molecular complexity index is 829. The molecule has 138 valence electrons. The minimum absolute atomic E-state index is 0.0266. The molecule has 1 aromatic heterocycles. The number of aromatic nitrogens is 1. The maximum Gasteiger partial charge on any atom is 0.224 e. The third-order valence-corrected chi connectivity index (χ3v) is 4.82. The number of fused-ring (bicyclic) bond motifs is 1. The van der Waals surface area contributed by atoms with Gasteiger partial charge in [-0.25, -0.2) is 4.98 Å². The van der Waals surface area contributed by atoms with Crippen molar-refractivity contribution in [3.63, 3.8) is 0 Å². The Hall–Kier alpha value is -2.52. The van der Waals surface area contributed by atoms with Crippen molar-refractivity contribution in [2.45, 2.75) is 19.8 Å². The Morgan fingerprint density at radius 3 is 2.69 bits per heavy atom. The van der Waals surface area contributed by atoms with Crippen LogP contribution in [0.4, 0.5) is 10.8 Å². The highest BCUT2D eigenvalue weighted by molar-refractivity contribution is 7.22. The molecule has 0 radical (unpaired) electrons. The second-order valence-corrected chi connectivity index (χ2v) is 6.95. The molecule has 1 saturated heterocycles. The van der Waals surface area contributed by atoms with Gasteiger partial charge in [0.25, 0.3) is 0 Å². The van der Waals surface area contributed by atoms with Crippen LogP contribution in [0.25, 0.3) is 10.2 Å². The lowest BCUT2D eigenvalue weighted by Crippen LogP contribution is -2.40. The Balaban J connectivity index is 1.54. The molecule has 2 heterocycles. The van der Waals surface area contributed by atoms with Crippen LogP contribution in [0.2, 0.25) is 0 Å². The maximum absolute atomic E-state index is 12.1. The van der Waals surface area contributed by atoms with Gasteiger partial charge in [0, 0.05) is 38.5 Å². The van der Waals surface area contributed by atoms with Gasteiger partial charge in [0.05, 0.1) is 23.4 Å². The lowest BCUT2D eigenvalue weighted by Gasteiger charge is -2.26. The number of nitrogens with zero attached hydrogens (tertiary/aromatic N) is 2. The number of nitrogens with one attached hydrogen (secondary N) is 2. The van der Waals surface area contributed by atoms with E-state index in [1.165, 1.54) is 18.3 Å². The molecule has 0 aliphatic carbocycles. The van der Waals surface area contributed by atoms with E-state index in [0.717, 1.165) is 10.2 Å². The topological polar surface area (TPSA) is 101 Å². The van der Waals surface area contributed by atoms with Crippen LogP contribution in [-0.2, 0) is 19.1 Å². The monoisotopic (exact) mass is 376 g/mol. The summed E-state index contributed by atoms with van der Waals surface area (Å²) in [7, 11) is 0. The van der Waals surface area contributed by atoms with Crippen molar-refractivity contribution in [3.8, 4) is 0 Å². The predicted molar refractivity (Wildman–Crippen MR) is 99.2 cm³/mol. The van der Waals surface area contributed by atoms with Crippen molar-refractivity contribution in [1.29, 1.82) is 0 Å². The van der Waals surface area contributed by atoms with Crippen molar-refractivity contribution in [2.75, 3.05) is 36.9 Å². The van der Waals surface area contributed by atoms with Crippen LogP contribution >= 0.6 is 11.3 Å². The number of amides is 3. The number of carbonyl (C=O) groups is 3. The van der Waals surface area contributed by atoms with Gasteiger partial charge >= 0.3 is 0 Å². The van der Waals surface area contributed by atoms with Crippen LogP contribution in [0.5, 0.6) is 0 Å². The summed E-state index contributed by atoms with van der Waals surface area (Å²) in [5.74, 6) is -0.415. The zero-order chi connectivity index (χ0) is 18.5. The average Bonchev–Trinajstić information content (AvgIpc) is 3.01. The minimum Gasteiger partial charge on any atom is -0.378 e. The predicted octanol–water partition coefficient (Wildman–Crippen LogP) is 1.83. The molecule has 0 unspecified atom stereocenters. The van der Waals surface area contributed by atoms with Crippen LogP contribution < -0.4 is 10.6 Å². The van der Waals surface area contributed by atoms with E-state index in [0.29, 0.717) is 37.1 Å². The first kappa shape index (κ1) is 18.3. The Labute approximate surface area is 154 Å². The normalized spacial score (nSPS) is 14.3. The molecular formula is C17H20N4O4S. The van der Waals surface area contributed by atoms with Crippen LogP contribution in [-0.4, -0.2) is 53.9 Å². The van der Waals surface area contributed by atoms with E-state index in [9.17, 15) is 14.4 Å². The third kappa shape index (κ3) is 4.77. The van der Waals surface area contributed by atoms with Gasteiger partial charge in [-0.1, -0.05) is 11.3 Å². The molecule has 3 rings (SSSR count). The van der Waals surface area contributed by atoms with Gasteiger partial charge in [-0.3, -0.25) is 14.4 Å². The van der Waals surface area contributed by atoms with Crippen LogP contribution in [0.3, 0.4) is 0 Å². The second kappa shape index (κ2) is 8.24. The van der Waals surface area contributed by atoms with E-state index in [2.05, 4.69) is 15.6 Å². The summed E-state index contributed by atoms with van der Waals surface area (Å²) < 4.78 is 6.07. The molecule has 2 aromatic rings. The van der Waals surface area contributed by atoms with Crippen LogP contribution in [0.15, 0.2) is 18.2 Å². The summed E-state index contributed by atoms with van der Waals surface area (Å²) in [6.45, 7) is 3.69. The fraction of sp³-hybridized carbons (Fsp3) is 0.412. The number of hydrogen-bond donors (Lipinski definition) is 2. The number of rotatable bonds is 5. The van der Waals surface area contributed by atoms with Crippen molar-refractivity contribution >= 4 is 50.1 Å². The Morgan fingerprint density at radius 2 is 1.96 bits per heavy atom. The van der Waals surface area contributed by atoms with Crippen molar-refractivity contribution in [3.05, 3.63) is 18.2 Å². The Kier molecular flexibility index (Phi) is 5.79. The van der Waals surface area contributed by atoms with E-state index < -0.39 is 0 Å². The van der Waals surface area contributed by atoms with Gasteiger partial charge in [0.15, 0.2) is 5.13 Å². The van der Waals surface area contributed by atoms with Crippen molar-refractivity contribution in [1.82, 2.24) is 9.88 Å². The molecule has 9 heteroatoms. The van der Waals surface area contributed by atoms with E-state index in [4.69, 9.17) is 4.74 Å². The van der Waals surface area contributed by atoms with E-state index in [-0.39, 0.29) is 30.6 Å². The fourth-order valence-electron chi connectivity index (χ4n) is 2.62. The molecule has 8 nitrogen and oxygen atoms in total. The second-order valence-electron chi connectivity index (χ2n) is 5.92. The number of morpholine rings is 1. The van der Waals surface area contributed by atoms with E-state index >= 15 is 0 Å². The van der Waals surface area contributed by atoms with Crippen LogP contribution in [0, 0.1) is 0 Å². The number of hydrogen-bond acceptors (Lipinski definition) is 6. The molecule has 26 heavy (non-hydrogen) atoms. The van der Waals surface area contributed by atoms with Gasteiger partial charge in [-0.2, -0.15) is 0 Å². The number of benzene rings is 1. The highest BCUT2D eigenvalue weighted by atomic mass is 32.1. The third-order valence-electron chi connectivity index (χ3n) is 3.88. The number of carbonyl (C=O) groups excluding carboxylic acids is 3. The SMILES string of the molecule is CC(=O)Nc1nc2ccc(NC(=O)CCC(=O)N3CCOCC3)cc2s1. The van der Waals surface area contributed by atoms with Crippen molar-refractivity contribution in [2.24, 2.45) is 0 Å². The van der Waals surface area contributed by atoms with Gasteiger partial charge in [-0.05, 0) is 18.2 Å². The molecule has 0 bridgehead atoms. The number of ether oxygens (including phenoxy) is 1. The zero-order valence-electron chi connectivity index (χ0n) is 14.4. The average molecular weight is 376 g/mol. The largest absolute Gasteiger partial charge is 0.378 e. The first-order chi connectivity index (χ1) is 12.5. The van der Waals surface area contributed by atoms with Crippen molar-refractivity contribution < 1.29 is 19.1 Å². The molecule has 0 atom stereocenters. The zero-order valence-corrected chi connectivity index (χ0v) is 15.2. The first-order valence-electron chi connectivity index (χ1n) is 8.35. The summed E-state index contributed by atoms with van der Waals surface area (Å²) in [5, 5.41) is 5.97. The maximum atomic E-state index is 12.1. The number of anilines is 2. The molecule has 1 aromatic carbocycles. The summed E-state index contributed by atoms with van der Waals surface area (Å²) in [4.78, 5) is 41.3. The molecule has 0 saturated carbocycles. The summed E-state index contributed by atoms with van der Waals surface area (Å²) in [6.07, 6.45) is 0.315. The highest BCUT2D eigenvalue weighted by Crippen LogP contribution is 2.28. The highest BCUT2D eigenvalue weighted by Gasteiger charge is 2.17. The molecule has 1 aliphatic rings. The summed E-state index contributed by atoms with van der Waals surface area (Å²) >= 11 is 1.34. The standard InChI is InChI=1S/C17H20N4O4S/c1-11(22)18-17-20-13-3-2-12(10-14(13)26-17)19-15(23)4-5-16(24)21-6-8-25-9-7-21/h2-3,10H,4-9H2,1H3,(H,19,23)(H,18,20,22). The van der Waals surface area contributed by atoms with Gasteiger partial charge in [0.1, 0.15) is 0 Å². The molecule has 3 amide bonds. The van der Waals surface area contributed by atoms with E-state index in [1.54, 1.807) is 23.1 Å². The van der Waals surface area contributed by atoms with Gasteiger partial charge in [0.2, 0.25) is 17.7 Å². The molecule has 1 aliphatic heterocycles. The summed E-state index contributed by atoms with van der Waals surface area (Å²) in [6, 6.07) is 5.34. The first-order valence-corrected chi connectivity index (χ1v) is 9.16. The quantitative estimate of drug-likeness (QED) is 0.829. The smallest absolute Gasteiger partial charge is 0.224 e. The lowest BCUT2D eigenvalue weighted by atomic mass is 10.2. The Morgan fingerprint density at radius 1 is 1.19 bits per heavy atom. The molecule has 1 fully saturated rings.